The zero-order valence-corrected chi connectivity index (χ0v) is 9.15. The molecule has 82 valence electrons. The maximum absolute atomic E-state index is 11.5. The van der Waals surface area contributed by atoms with E-state index in [4.69, 9.17) is 0 Å². The van der Waals surface area contributed by atoms with Crippen LogP contribution in [0, 0.1) is 5.92 Å². The lowest BCUT2D eigenvalue weighted by Crippen LogP contribution is -2.37. The highest BCUT2D eigenvalue weighted by Crippen LogP contribution is 2.18. The largest absolute Gasteiger partial charge is 0.316 e. The van der Waals surface area contributed by atoms with Crippen LogP contribution in [0.5, 0.6) is 0 Å². The molecule has 0 aromatic rings. The van der Waals surface area contributed by atoms with Crippen LogP contribution in [0.4, 0.5) is 0 Å². The molecular formula is C9H18N2O2S. The van der Waals surface area contributed by atoms with Gasteiger partial charge >= 0.3 is 0 Å². The Labute approximate surface area is 85.4 Å². The van der Waals surface area contributed by atoms with E-state index in [-0.39, 0.29) is 5.37 Å². The van der Waals surface area contributed by atoms with Crippen LogP contribution < -0.4 is 10.6 Å². The second-order valence-electron chi connectivity index (χ2n) is 4.26. The van der Waals surface area contributed by atoms with Gasteiger partial charge in [0.25, 0.3) is 0 Å². The fourth-order valence-corrected chi connectivity index (χ4v) is 3.94. The van der Waals surface area contributed by atoms with E-state index in [9.17, 15) is 8.42 Å². The molecule has 0 amide bonds. The molecule has 0 spiro atoms. The van der Waals surface area contributed by atoms with Crippen LogP contribution in [0.3, 0.4) is 0 Å². The van der Waals surface area contributed by atoms with Gasteiger partial charge in [-0.05, 0) is 38.3 Å². The Morgan fingerprint density at radius 2 is 2.21 bits per heavy atom. The molecule has 2 saturated heterocycles. The van der Waals surface area contributed by atoms with Crippen molar-refractivity contribution in [1.29, 1.82) is 0 Å². The summed E-state index contributed by atoms with van der Waals surface area (Å²) in [5.74, 6) is 0.985. The second-order valence-corrected chi connectivity index (χ2v) is 6.57. The first kappa shape index (κ1) is 10.4. The van der Waals surface area contributed by atoms with Gasteiger partial charge in [-0.2, -0.15) is 0 Å². The van der Waals surface area contributed by atoms with Crippen LogP contribution in [0.1, 0.15) is 19.3 Å². The van der Waals surface area contributed by atoms with Crippen molar-refractivity contribution < 1.29 is 8.42 Å². The molecule has 14 heavy (non-hydrogen) atoms. The topological polar surface area (TPSA) is 58.2 Å². The van der Waals surface area contributed by atoms with Crippen LogP contribution in [-0.2, 0) is 9.84 Å². The molecule has 0 saturated carbocycles. The minimum atomic E-state index is -2.81. The summed E-state index contributed by atoms with van der Waals surface area (Å²) >= 11 is 0. The van der Waals surface area contributed by atoms with Crippen LogP contribution in [0.2, 0.25) is 0 Å². The smallest absolute Gasteiger partial charge is 0.166 e. The van der Waals surface area contributed by atoms with Crippen LogP contribution in [0.25, 0.3) is 0 Å². The average Bonchev–Trinajstić information content (AvgIpc) is 2.71. The number of hydrogen-bond acceptors (Lipinski definition) is 4. The quantitative estimate of drug-likeness (QED) is 0.684. The first-order chi connectivity index (χ1) is 6.68. The number of sulfone groups is 1. The molecule has 0 aromatic heterocycles. The summed E-state index contributed by atoms with van der Waals surface area (Å²) in [6.07, 6.45) is 2.78. The van der Waals surface area contributed by atoms with Gasteiger partial charge in [0.2, 0.25) is 0 Å². The van der Waals surface area contributed by atoms with E-state index in [1.54, 1.807) is 0 Å². The lowest BCUT2D eigenvalue weighted by molar-refractivity contribution is 0.483. The van der Waals surface area contributed by atoms with Gasteiger partial charge in [0.15, 0.2) is 9.84 Å². The number of hydrogen-bond donors (Lipinski definition) is 2. The van der Waals surface area contributed by atoms with E-state index in [2.05, 4.69) is 10.6 Å². The molecule has 2 atom stereocenters. The van der Waals surface area contributed by atoms with Crippen molar-refractivity contribution >= 4 is 9.84 Å². The van der Waals surface area contributed by atoms with Gasteiger partial charge in [-0.1, -0.05) is 0 Å². The van der Waals surface area contributed by atoms with Crippen molar-refractivity contribution in [3.8, 4) is 0 Å². The van der Waals surface area contributed by atoms with Crippen molar-refractivity contribution in [2.45, 2.75) is 24.6 Å². The van der Waals surface area contributed by atoms with E-state index in [0.717, 1.165) is 32.5 Å². The average molecular weight is 218 g/mol. The van der Waals surface area contributed by atoms with E-state index in [1.165, 1.54) is 6.42 Å². The molecule has 0 bridgehead atoms. The first-order valence-electron chi connectivity index (χ1n) is 5.34. The molecule has 2 unspecified atom stereocenters. The SMILES string of the molecule is O=S1(=O)CCCC1NCC1CCNC1. The predicted octanol–water partition coefficient (Wildman–Crippen LogP) is -0.280. The highest BCUT2D eigenvalue weighted by Gasteiger charge is 2.31. The van der Waals surface area contributed by atoms with Crippen LogP contribution >= 0.6 is 0 Å². The van der Waals surface area contributed by atoms with Crippen LogP contribution in [-0.4, -0.2) is 39.2 Å². The molecule has 0 aromatic carbocycles. The minimum absolute atomic E-state index is 0.261. The molecular weight excluding hydrogens is 200 g/mol. The molecule has 2 heterocycles. The molecule has 2 aliphatic heterocycles. The first-order valence-corrected chi connectivity index (χ1v) is 7.06. The molecule has 2 rings (SSSR count). The Morgan fingerprint density at radius 3 is 2.79 bits per heavy atom. The third-order valence-electron chi connectivity index (χ3n) is 3.13. The third kappa shape index (κ3) is 2.27. The minimum Gasteiger partial charge on any atom is -0.316 e. The lowest BCUT2D eigenvalue weighted by Gasteiger charge is -2.14. The summed E-state index contributed by atoms with van der Waals surface area (Å²) in [6, 6.07) is 0. The molecule has 2 N–H and O–H groups in total. The van der Waals surface area contributed by atoms with Gasteiger partial charge in [0, 0.05) is 6.54 Å². The monoisotopic (exact) mass is 218 g/mol. The summed E-state index contributed by atoms with van der Waals surface area (Å²) < 4.78 is 23.0. The van der Waals surface area contributed by atoms with Crippen molar-refractivity contribution in [3.05, 3.63) is 0 Å². The van der Waals surface area contributed by atoms with E-state index >= 15 is 0 Å². The van der Waals surface area contributed by atoms with Crippen molar-refractivity contribution in [2.75, 3.05) is 25.4 Å². The third-order valence-corrected chi connectivity index (χ3v) is 5.25. The highest BCUT2D eigenvalue weighted by atomic mass is 32.2. The summed E-state index contributed by atoms with van der Waals surface area (Å²) in [7, 11) is -2.81. The van der Waals surface area contributed by atoms with E-state index in [0.29, 0.717) is 11.7 Å². The molecule has 2 aliphatic rings. The highest BCUT2D eigenvalue weighted by molar-refractivity contribution is 7.92. The second kappa shape index (κ2) is 4.16. The van der Waals surface area contributed by atoms with Gasteiger partial charge in [-0.3, -0.25) is 0 Å². The van der Waals surface area contributed by atoms with Gasteiger partial charge in [-0.25, -0.2) is 8.42 Å². The Morgan fingerprint density at radius 1 is 1.36 bits per heavy atom. The molecule has 2 fully saturated rings. The summed E-state index contributed by atoms with van der Waals surface area (Å²) in [5.41, 5.74) is 0. The van der Waals surface area contributed by atoms with Gasteiger partial charge in [-0.15, -0.1) is 0 Å². The zero-order valence-electron chi connectivity index (χ0n) is 8.33. The standard InChI is InChI=1S/C9H18N2O2S/c12-14(13)5-1-2-9(14)11-7-8-3-4-10-6-8/h8-11H,1-7H2. The van der Waals surface area contributed by atoms with E-state index < -0.39 is 9.84 Å². The van der Waals surface area contributed by atoms with Crippen molar-refractivity contribution in [1.82, 2.24) is 10.6 Å². The Kier molecular flexibility index (Phi) is 3.09. The summed E-state index contributed by atoms with van der Waals surface area (Å²) in [5, 5.41) is 6.20. The number of rotatable bonds is 3. The fraction of sp³-hybridized carbons (Fsp3) is 1.00. The van der Waals surface area contributed by atoms with Gasteiger partial charge < -0.3 is 10.6 Å². The maximum Gasteiger partial charge on any atom is 0.166 e. The fourth-order valence-electron chi connectivity index (χ4n) is 2.21. The van der Waals surface area contributed by atoms with Crippen LogP contribution in [0.15, 0.2) is 0 Å². The normalized spacial score (nSPS) is 36.3. The van der Waals surface area contributed by atoms with Crippen molar-refractivity contribution in [3.63, 3.8) is 0 Å². The number of nitrogens with one attached hydrogen (secondary N) is 2. The molecule has 4 nitrogen and oxygen atoms in total. The predicted molar refractivity (Wildman–Crippen MR) is 55.8 cm³/mol. The van der Waals surface area contributed by atoms with Crippen molar-refractivity contribution in [2.24, 2.45) is 5.92 Å². The molecule has 0 aliphatic carbocycles. The Balaban J connectivity index is 1.80. The van der Waals surface area contributed by atoms with Gasteiger partial charge in [0.1, 0.15) is 5.37 Å². The Hall–Kier alpha value is -0.130. The molecule has 0 radical (unpaired) electrons. The van der Waals surface area contributed by atoms with Gasteiger partial charge in [0.05, 0.1) is 5.75 Å². The summed E-state index contributed by atoms with van der Waals surface area (Å²) in [4.78, 5) is 0. The Bertz CT molecular complexity index is 283. The molecule has 5 heteroatoms. The maximum atomic E-state index is 11.5. The van der Waals surface area contributed by atoms with E-state index in [1.807, 2.05) is 0 Å². The summed E-state index contributed by atoms with van der Waals surface area (Å²) in [6.45, 7) is 2.94. The zero-order chi connectivity index (χ0) is 10.0. The lowest BCUT2D eigenvalue weighted by atomic mass is 10.1.